The smallest absolute Gasteiger partial charge is 0.189 e. The minimum atomic E-state index is 0.184. The summed E-state index contributed by atoms with van der Waals surface area (Å²) < 4.78 is 5.44. The normalized spacial score (nSPS) is 15.7. The molecule has 3 aromatic heterocycles. The van der Waals surface area contributed by atoms with Gasteiger partial charge in [-0.3, -0.25) is 4.79 Å². The summed E-state index contributed by atoms with van der Waals surface area (Å²) in [5, 5.41) is 4.50. The molecule has 5 aromatic rings. The van der Waals surface area contributed by atoms with Crippen LogP contribution in [0.4, 0.5) is 0 Å². The summed E-state index contributed by atoms with van der Waals surface area (Å²) in [5.41, 5.74) is 2.93. The summed E-state index contributed by atoms with van der Waals surface area (Å²) in [6, 6.07) is 16.9. The molecule has 0 unspecified atom stereocenters. The third kappa shape index (κ3) is 2.10. The molecule has 1 nitrogen and oxygen atoms in total. The number of carbonyl (C=O) groups excluding carboxylic acids is 1. The van der Waals surface area contributed by atoms with Crippen molar-refractivity contribution in [2.45, 2.75) is 6.42 Å². The lowest BCUT2D eigenvalue weighted by Gasteiger charge is -2.01. The van der Waals surface area contributed by atoms with Crippen molar-refractivity contribution < 1.29 is 4.79 Å². The van der Waals surface area contributed by atoms with Crippen LogP contribution in [0.5, 0.6) is 0 Å². The molecule has 1 aliphatic rings. The van der Waals surface area contributed by atoms with Crippen LogP contribution in [-0.4, -0.2) is 5.78 Å². The van der Waals surface area contributed by atoms with E-state index in [1.807, 2.05) is 23.5 Å². The number of thiophene rings is 3. The van der Waals surface area contributed by atoms with Gasteiger partial charge in [-0.1, -0.05) is 30.3 Å². The second kappa shape index (κ2) is 5.36. The Bertz CT molecular complexity index is 1380. The SMILES string of the molecule is O=C1/C(=C\c2cc3sc4ccsc4c3s2)Cc2cc3ccccc3cc21. The number of allylic oxidation sites excluding steroid dienone is 1. The van der Waals surface area contributed by atoms with Gasteiger partial charge in [0.05, 0.1) is 9.40 Å². The van der Waals surface area contributed by atoms with E-state index < -0.39 is 0 Å². The number of carbonyl (C=O) groups is 1. The Labute approximate surface area is 161 Å². The van der Waals surface area contributed by atoms with E-state index >= 15 is 0 Å². The van der Waals surface area contributed by atoms with Crippen molar-refractivity contribution in [3.63, 3.8) is 0 Å². The van der Waals surface area contributed by atoms with E-state index in [2.05, 4.69) is 47.9 Å². The summed E-state index contributed by atoms with van der Waals surface area (Å²) in [7, 11) is 0. The van der Waals surface area contributed by atoms with Gasteiger partial charge in [-0.25, -0.2) is 0 Å². The Morgan fingerprint density at radius 3 is 2.62 bits per heavy atom. The number of ketones is 1. The Morgan fingerprint density at radius 1 is 0.885 bits per heavy atom. The van der Waals surface area contributed by atoms with Gasteiger partial charge < -0.3 is 0 Å². The van der Waals surface area contributed by atoms with Crippen molar-refractivity contribution >= 4 is 75.4 Å². The first-order valence-corrected chi connectivity index (χ1v) is 10.9. The van der Waals surface area contributed by atoms with E-state index in [0.717, 1.165) is 28.5 Å². The summed E-state index contributed by atoms with van der Waals surface area (Å²) in [5.74, 6) is 0.184. The summed E-state index contributed by atoms with van der Waals surface area (Å²) in [4.78, 5) is 14.1. The van der Waals surface area contributed by atoms with Crippen LogP contribution in [0.15, 0.2) is 59.5 Å². The predicted molar refractivity (Wildman–Crippen MR) is 115 cm³/mol. The number of fused-ring (bicyclic) bond motifs is 5. The first-order chi connectivity index (χ1) is 12.8. The van der Waals surface area contributed by atoms with Crippen LogP contribution >= 0.6 is 34.0 Å². The second-order valence-electron chi connectivity index (χ2n) is 6.59. The van der Waals surface area contributed by atoms with Crippen LogP contribution in [-0.2, 0) is 6.42 Å². The number of benzene rings is 2. The zero-order chi connectivity index (χ0) is 17.3. The van der Waals surface area contributed by atoms with E-state index in [1.165, 1.54) is 29.1 Å². The molecule has 3 heterocycles. The van der Waals surface area contributed by atoms with Crippen LogP contribution in [0.1, 0.15) is 20.8 Å². The topological polar surface area (TPSA) is 17.1 Å². The Morgan fingerprint density at radius 2 is 1.73 bits per heavy atom. The number of hydrogen-bond donors (Lipinski definition) is 0. The van der Waals surface area contributed by atoms with Crippen molar-refractivity contribution in [1.82, 2.24) is 0 Å². The molecule has 1 aliphatic carbocycles. The van der Waals surface area contributed by atoms with Crippen molar-refractivity contribution in [3.05, 3.63) is 75.5 Å². The lowest BCUT2D eigenvalue weighted by atomic mass is 10.0. The van der Waals surface area contributed by atoms with Crippen LogP contribution in [0.3, 0.4) is 0 Å². The lowest BCUT2D eigenvalue weighted by molar-refractivity contribution is 0.104. The van der Waals surface area contributed by atoms with E-state index in [4.69, 9.17) is 0 Å². The molecule has 0 atom stereocenters. The minimum Gasteiger partial charge on any atom is -0.289 e. The molecular formula is C22H12OS3. The monoisotopic (exact) mass is 388 g/mol. The van der Waals surface area contributed by atoms with E-state index in [0.29, 0.717) is 0 Å². The van der Waals surface area contributed by atoms with Crippen LogP contribution in [0.25, 0.3) is 35.6 Å². The average molecular weight is 389 g/mol. The van der Waals surface area contributed by atoms with Gasteiger partial charge in [0, 0.05) is 31.8 Å². The molecule has 26 heavy (non-hydrogen) atoms. The van der Waals surface area contributed by atoms with E-state index in [1.54, 1.807) is 22.7 Å². The van der Waals surface area contributed by atoms with Gasteiger partial charge in [0.15, 0.2) is 5.78 Å². The molecule has 0 N–H and O–H groups in total. The maximum Gasteiger partial charge on any atom is 0.189 e. The maximum atomic E-state index is 12.9. The fourth-order valence-corrected chi connectivity index (χ4v) is 7.50. The molecule has 0 radical (unpaired) electrons. The molecule has 6 rings (SSSR count). The third-order valence-corrected chi connectivity index (χ3v) is 8.50. The predicted octanol–water partition coefficient (Wildman–Crippen LogP) is 7.15. The van der Waals surface area contributed by atoms with E-state index in [9.17, 15) is 4.79 Å². The van der Waals surface area contributed by atoms with Crippen molar-refractivity contribution in [3.8, 4) is 0 Å². The summed E-state index contributed by atoms with van der Waals surface area (Å²) in [6.07, 6.45) is 2.84. The zero-order valence-corrected chi connectivity index (χ0v) is 16.1. The van der Waals surface area contributed by atoms with Crippen molar-refractivity contribution in [1.29, 1.82) is 0 Å². The van der Waals surface area contributed by atoms with Crippen LogP contribution in [0.2, 0.25) is 0 Å². The second-order valence-corrected chi connectivity index (χ2v) is 9.67. The number of rotatable bonds is 1. The molecule has 0 saturated heterocycles. The fraction of sp³-hybridized carbons (Fsp3) is 0.0455. The Hall–Kier alpha value is -2.27. The van der Waals surface area contributed by atoms with Crippen molar-refractivity contribution in [2.75, 3.05) is 0 Å². The highest BCUT2D eigenvalue weighted by molar-refractivity contribution is 7.38. The van der Waals surface area contributed by atoms with Gasteiger partial charge >= 0.3 is 0 Å². The largest absolute Gasteiger partial charge is 0.289 e. The van der Waals surface area contributed by atoms with Gasteiger partial charge in [-0.2, -0.15) is 0 Å². The number of hydrogen-bond acceptors (Lipinski definition) is 4. The van der Waals surface area contributed by atoms with Gasteiger partial charge in [0.2, 0.25) is 0 Å². The van der Waals surface area contributed by atoms with Gasteiger partial charge in [-0.15, -0.1) is 34.0 Å². The molecule has 0 saturated carbocycles. The highest BCUT2D eigenvalue weighted by atomic mass is 32.1. The molecule has 2 aromatic carbocycles. The maximum absolute atomic E-state index is 12.9. The molecule has 4 heteroatoms. The van der Waals surface area contributed by atoms with Gasteiger partial charge in [0.1, 0.15) is 0 Å². The highest BCUT2D eigenvalue weighted by Crippen LogP contribution is 2.43. The molecule has 0 aliphatic heterocycles. The molecule has 0 bridgehead atoms. The fourth-order valence-electron chi connectivity index (χ4n) is 3.75. The van der Waals surface area contributed by atoms with Gasteiger partial charge in [0.25, 0.3) is 0 Å². The van der Waals surface area contributed by atoms with E-state index in [-0.39, 0.29) is 5.78 Å². The van der Waals surface area contributed by atoms with Crippen LogP contribution in [0, 0.1) is 0 Å². The third-order valence-electron chi connectivity index (χ3n) is 4.98. The summed E-state index contributed by atoms with van der Waals surface area (Å²) in [6.45, 7) is 0. The number of Topliss-reactive ketones (excluding diaryl/α,β-unsaturated/α-hetero) is 1. The van der Waals surface area contributed by atoms with Crippen molar-refractivity contribution in [2.24, 2.45) is 0 Å². The van der Waals surface area contributed by atoms with Crippen LogP contribution < -0.4 is 0 Å². The molecule has 0 fully saturated rings. The molecule has 0 spiro atoms. The Balaban J connectivity index is 1.45. The standard InChI is InChI=1S/C22H12OS3/c23-20-15(8-14-7-12-3-1-2-4-13(12)10-17(14)20)9-16-11-19-22(25-16)21-18(26-19)5-6-24-21/h1-7,9-11H,8H2/b15-9-. The molecule has 124 valence electrons. The lowest BCUT2D eigenvalue weighted by Crippen LogP contribution is -1.94. The minimum absolute atomic E-state index is 0.184. The molecule has 0 amide bonds. The molecular weight excluding hydrogens is 376 g/mol. The highest BCUT2D eigenvalue weighted by Gasteiger charge is 2.25. The average Bonchev–Trinajstić information content (AvgIpc) is 3.37. The van der Waals surface area contributed by atoms with Gasteiger partial charge in [-0.05, 0) is 46.0 Å². The first kappa shape index (κ1) is 14.9. The first-order valence-electron chi connectivity index (χ1n) is 8.43. The quantitative estimate of drug-likeness (QED) is 0.279. The zero-order valence-electron chi connectivity index (χ0n) is 13.6. The Kier molecular flexibility index (Phi) is 3.06. The summed E-state index contributed by atoms with van der Waals surface area (Å²) >= 11 is 5.45.